The smallest absolute Gasteiger partial charge is 0.251 e. The van der Waals surface area contributed by atoms with Crippen molar-refractivity contribution in [3.63, 3.8) is 0 Å². The molecule has 1 atom stereocenters. The summed E-state index contributed by atoms with van der Waals surface area (Å²) in [5, 5.41) is 3.00. The lowest BCUT2D eigenvalue weighted by Gasteiger charge is -2.30. The molecule has 1 saturated heterocycles. The van der Waals surface area contributed by atoms with E-state index in [1.165, 1.54) is 23.4 Å². The summed E-state index contributed by atoms with van der Waals surface area (Å²) in [5.74, 6) is 0.670. The molecule has 6 nitrogen and oxygen atoms in total. The first-order valence-electron chi connectivity index (χ1n) is 11.8. The summed E-state index contributed by atoms with van der Waals surface area (Å²) in [6.45, 7) is 10.4. The number of nitrogens with zero attached hydrogens (tertiary/aromatic N) is 2. The van der Waals surface area contributed by atoms with Crippen molar-refractivity contribution in [2.75, 3.05) is 36.7 Å². The Hall–Kier alpha value is -2.38. The Morgan fingerprint density at radius 1 is 1.15 bits per heavy atom. The van der Waals surface area contributed by atoms with Gasteiger partial charge in [0.15, 0.2) is 0 Å². The molecular formula is C26H37N3O3S. The number of hydrogen-bond donors (Lipinski definition) is 1. The average Bonchev–Trinajstić information content (AvgIpc) is 2.76. The lowest BCUT2D eigenvalue weighted by atomic mass is 10.0. The molecule has 1 fully saturated rings. The maximum absolute atomic E-state index is 12.5. The number of piperidine rings is 1. The summed E-state index contributed by atoms with van der Waals surface area (Å²) in [7, 11) is -3.46. The van der Waals surface area contributed by atoms with Crippen molar-refractivity contribution in [2.24, 2.45) is 5.92 Å². The second-order valence-electron chi connectivity index (χ2n) is 9.41. The summed E-state index contributed by atoms with van der Waals surface area (Å²) in [4.78, 5) is 15.0. The van der Waals surface area contributed by atoms with Crippen molar-refractivity contribution in [1.82, 2.24) is 10.2 Å². The normalized spacial score (nSPS) is 17.0. The van der Waals surface area contributed by atoms with Gasteiger partial charge in [0.25, 0.3) is 5.91 Å². The number of carbonyl (C=O) groups is 1. The molecule has 0 aliphatic carbocycles. The molecule has 0 unspecified atom stereocenters. The standard InChI is InChI=1S/C26H37N3O3S/c1-20-8-9-22(3)25(17-20)29(33(4,31)32)19-23-10-12-24(13-11-23)26(30)27-14-6-16-28-15-5-7-21(2)18-28/h8-13,17,21H,5-7,14-16,18-19H2,1-4H3,(H,27,30)/t21-/m1/s1. The highest BCUT2D eigenvalue weighted by molar-refractivity contribution is 7.92. The quantitative estimate of drug-likeness (QED) is 0.559. The number of amides is 1. The van der Waals surface area contributed by atoms with Gasteiger partial charge in [0.05, 0.1) is 18.5 Å². The van der Waals surface area contributed by atoms with Gasteiger partial charge < -0.3 is 10.2 Å². The van der Waals surface area contributed by atoms with Crippen molar-refractivity contribution in [1.29, 1.82) is 0 Å². The van der Waals surface area contributed by atoms with Gasteiger partial charge in [-0.05, 0) is 87.0 Å². The van der Waals surface area contributed by atoms with E-state index in [0.29, 0.717) is 17.8 Å². The van der Waals surface area contributed by atoms with Gasteiger partial charge in [-0.1, -0.05) is 31.2 Å². The average molecular weight is 472 g/mol. The monoisotopic (exact) mass is 471 g/mol. The molecule has 1 aliphatic rings. The predicted molar refractivity (Wildman–Crippen MR) is 135 cm³/mol. The van der Waals surface area contributed by atoms with Crippen LogP contribution in [-0.2, 0) is 16.6 Å². The van der Waals surface area contributed by atoms with Gasteiger partial charge in [-0.3, -0.25) is 9.10 Å². The zero-order valence-corrected chi connectivity index (χ0v) is 21.1. The molecule has 0 spiro atoms. The molecule has 0 aromatic heterocycles. The number of aryl methyl sites for hydroxylation is 2. The second kappa shape index (κ2) is 11.2. The summed E-state index contributed by atoms with van der Waals surface area (Å²) in [5.41, 5.74) is 4.01. The van der Waals surface area contributed by atoms with E-state index < -0.39 is 10.0 Å². The fraction of sp³-hybridized carbons (Fsp3) is 0.500. The van der Waals surface area contributed by atoms with Gasteiger partial charge in [-0.25, -0.2) is 8.42 Å². The first kappa shape index (κ1) is 25.2. The van der Waals surface area contributed by atoms with E-state index in [0.717, 1.165) is 48.7 Å². The SMILES string of the molecule is Cc1ccc(C)c(N(Cc2ccc(C(=O)NCCCN3CCC[C@@H](C)C3)cc2)S(C)(=O)=O)c1. The minimum Gasteiger partial charge on any atom is -0.352 e. The Balaban J connectivity index is 1.57. The highest BCUT2D eigenvalue weighted by Gasteiger charge is 2.20. The zero-order valence-electron chi connectivity index (χ0n) is 20.3. The molecule has 7 heteroatoms. The lowest BCUT2D eigenvalue weighted by Crippen LogP contribution is -2.36. The zero-order chi connectivity index (χ0) is 24.0. The van der Waals surface area contributed by atoms with E-state index in [-0.39, 0.29) is 12.5 Å². The van der Waals surface area contributed by atoms with Crippen molar-refractivity contribution in [3.8, 4) is 0 Å². The van der Waals surface area contributed by atoms with E-state index >= 15 is 0 Å². The van der Waals surface area contributed by atoms with Crippen molar-refractivity contribution in [2.45, 2.75) is 46.6 Å². The van der Waals surface area contributed by atoms with Crippen molar-refractivity contribution >= 4 is 21.6 Å². The maximum atomic E-state index is 12.5. The van der Waals surface area contributed by atoms with Gasteiger partial charge in [-0.15, -0.1) is 0 Å². The number of anilines is 1. The second-order valence-corrected chi connectivity index (χ2v) is 11.3. The number of hydrogen-bond acceptors (Lipinski definition) is 4. The molecule has 2 aromatic rings. The lowest BCUT2D eigenvalue weighted by molar-refractivity contribution is 0.0950. The van der Waals surface area contributed by atoms with E-state index in [1.54, 1.807) is 12.1 Å². The third-order valence-corrected chi connectivity index (χ3v) is 7.38. The van der Waals surface area contributed by atoms with Crippen molar-refractivity contribution in [3.05, 3.63) is 64.7 Å². The summed E-state index contributed by atoms with van der Waals surface area (Å²) >= 11 is 0. The molecule has 1 heterocycles. The molecule has 1 amide bonds. The van der Waals surface area contributed by atoms with Crippen LogP contribution in [0, 0.1) is 19.8 Å². The number of carbonyl (C=O) groups excluding carboxylic acids is 1. The van der Waals surface area contributed by atoms with Gasteiger partial charge in [-0.2, -0.15) is 0 Å². The first-order chi connectivity index (χ1) is 15.6. The summed E-state index contributed by atoms with van der Waals surface area (Å²) in [6, 6.07) is 13.0. The van der Waals surface area contributed by atoms with E-state index in [2.05, 4.69) is 17.1 Å². The topological polar surface area (TPSA) is 69.7 Å². The molecule has 3 rings (SSSR count). The van der Waals surface area contributed by atoms with E-state index in [1.807, 2.05) is 44.2 Å². The van der Waals surface area contributed by atoms with Crippen LogP contribution < -0.4 is 9.62 Å². The van der Waals surface area contributed by atoms with Crippen LogP contribution in [0.15, 0.2) is 42.5 Å². The molecule has 1 aliphatic heterocycles. The van der Waals surface area contributed by atoms with Crippen LogP contribution in [0.5, 0.6) is 0 Å². The number of sulfonamides is 1. The van der Waals surface area contributed by atoms with Crippen molar-refractivity contribution < 1.29 is 13.2 Å². The van der Waals surface area contributed by atoms with Crippen LogP contribution in [0.2, 0.25) is 0 Å². The van der Waals surface area contributed by atoms with Crippen LogP contribution in [0.1, 0.15) is 53.2 Å². The minimum absolute atomic E-state index is 0.0944. The largest absolute Gasteiger partial charge is 0.352 e. The Labute approximate surface area is 199 Å². The molecule has 0 bridgehead atoms. The molecule has 0 saturated carbocycles. The van der Waals surface area contributed by atoms with Gasteiger partial charge in [0.2, 0.25) is 10.0 Å². The number of likely N-dealkylation sites (tertiary alicyclic amines) is 1. The molecule has 33 heavy (non-hydrogen) atoms. The van der Waals surface area contributed by atoms with Crippen LogP contribution >= 0.6 is 0 Å². The number of benzene rings is 2. The molecule has 180 valence electrons. The van der Waals surface area contributed by atoms with Gasteiger partial charge in [0.1, 0.15) is 0 Å². The Morgan fingerprint density at radius 2 is 1.88 bits per heavy atom. The molecule has 0 radical (unpaired) electrons. The highest BCUT2D eigenvalue weighted by atomic mass is 32.2. The van der Waals surface area contributed by atoms with Gasteiger partial charge in [0, 0.05) is 18.7 Å². The third-order valence-electron chi connectivity index (χ3n) is 6.25. The molecule has 1 N–H and O–H groups in total. The minimum atomic E-state index is -3.46. The number of nitrogens with one attached hydrogen (secondary N) is 1. The van der Waals surface area contributed by atoms with Crippen LogP contribution in [0.4, 0.5) is 5.69 Å². The van der Waals surface area contributed by atoms with Crippen LogP contribution in [0.25, 0.3) is 0 Å². The Kier molecular flexibility index (Phi) is 8.54. The fourth-order valence-electron chi connectivity index (χ4n) is 4.39. The van der Waals surface area contributed by atoms with Crippen LogP contribution in [-0.4, -0.2) is 51.7 Å². The summed E-state index contributed by atoms with van der Waals surface area (Å²) < 4.78 is 26.4. The number of rotatable bonds is 9. The Bertz CT molecular complexity index is 1050. The predicted octanol–water partition coefficient (Wildman–Crippen LogP) is 4.12. The maximum Gasteiger partial charge on any atom is 0.251 e. The fourth-order valence-corrected chi connectivity index (χ4v) is 5.33. The molecular weight excluding hydrogens is 434 g/mol. The summed E-state index contributed by atoms with van der Waals surface area (Å²) in [6.07, 6.45) is 4.74. The first-order valence-corrected chi connectivity index (χ1v) is 13.6. The van der Waals surface area contributed by atoms with E-state index in [9.17, 15) is 13.2 Å². The van der Waals surface area contributed by atoms with Crippen LogP contribution in [0.3, 0.4) is 0 Å². The Morgan fingerprint density at radius 3 is 2.55 bits per heavy atom. The third kappa shape index (κ3) is 7.30. The van der Waals surface area contributed by atoms with Gasteiger partial charge >= 0.3 is 0 Å². The van der Waals surface area contributed by atoms with E-state index in [4.69, 9.17) is 0 Å². The highest BCUT2D eigenvalue weighted by Crippen LogP contribution is 2.26. The molecule has 2 aromatic carbocycles.